The molecule has 152 valence electrons. The lowest BCUT2D eigenvalue weighted by Gasteiger charge is -2.31. The van der Waals surface area contributed by atoms with Crippen molar-refractivity contribution in [2.24, 2.45) is 0 Å². The van der Waals surface area contributed by atoms with Crippen molar-refractivity contribution in [1.82, 2.24) is 10.6 Å². The highest BCUT2D eigenvalue weighted by molar-refractivity contribution is 6.35. The number of hydrogen-bond acceptors (Lipinski definition) is 4. The van der Waals surface area contributed by atoms with Crippen molar-refractivity contribution in [2.45, 2.75) is 31.3 Å². The quantitative estimate of drug-likeness (QED) is 0.740. The van der Waals surface area contributed by atoms with E-state index in [9.17, 15) is 9.59 Å². The molecule has 0 bridgehead atoms. The first-order valence-electron chi connectivity index (χ1n) is 10.2. The molecule has 1 heterocycles. The van der Waals surface area contributed by atoms with Crippen LogP contribution in [-0.4, -0.2) is 45.0 Å². The summed E-state index contributed by atoms with van der Waals surface area (Å²) in [5.41, 5.74) is 4.77. The van der Waals surface area contributed by atoms with E-state index in [0.717, 1.165) is 37.1 Å². The van der Waals surface area contributed by atoms with E-state index in [2.05, 4.69) is 62.9 Å². The molecule has 2 N–H and O–H groups in total. The van der Waals surface area contributed by atoms with E-state index < -0.39 is 11.8 Å². The molecule has 0 radical (unpaired) electrons. The summed E-state index contributed by atoms with van der Waals surface area (Å²) in [5, 5.41) is 5.61. The van der Waals surface area contributed by atoms with Crippen LogP contribution in [0.1, 0.15) is 30.0 Å². The molecule has 0 aromatic heterocycles. The van der Waals surface area contributed by atoms with Crippen molar-refractivity contribution in [3.05, 3.63) is 59.7 Å². The maximum atomic E-state index is 12.3. The first-order chi connectivity index (χ1) is 14.0. The molecule has 1 fully saturated rings. The third kappa shape index (κ3) is 4.36. The highest BCUT2D eigenvalue weighted by Gasteiger charge is 2.30. The summed E-state index contributed by atoms with van der Waals surface area (Å²) in [5.74, 6) is -1.09. The number of nitrogens with one attached hydrogen (secondary N) is 2. The van der Waals surface area contributed by atoms with Crippen LogP contribution >= 0.6 is 0 Å². The number of carbonyl (C=O) groups is 2. The standard InChI is InChI=1S/C23H28N4O2/c1-26(2)19-11-7-17(8-12-19)21(15-24-22(28)23(29)25-18-9-10-18)27-14-13-16-5-3-4-6-20(16)27/h3-8,11-12,18,21H,9-10,13-15H2,1-2H3,(H,24,28)(H,25,29). The second-order valence-electron chi connectivity index (χ2n) is 8.03. The van der Waals surface area contributed by atoms with Crippen LogP contribution in [0.3, 0.4) is 0 Å². The highest BCUT2D eigenvalue weighted by atomic mass is 16.2. The molecular formula is C23H28N4O2. The van der Waals surface area contributed by atoms with Crippen molar-refractivity contribution in [3.8, 4) is 0 Å². The smallest absolute Gasteiger partial charge is 0.309 e. The maximum absolute atomic E-state index is 12.3. The zero-order chi connectivity index (χ0) is 20.4. The zero-order valence-electron chi connectivity index (χ0n) is 17.0. The van der Waals surface area contributed by atoms with Crippen LogP contribution in [0, 0.1) is 0 Å². The third-order valence-corrected chi connectivity index (χ3v) is 5.67. The summed E-state index contributed by atoms with van der Waals surface area (Å²) in [4.78, 5) is 28.7. The van der Waals surface area contributed by atoms with Crippen LogP contribution in [0.4, 0.5) is 11.4 Å². The molecule has 1 aliphatic heterocycles. The molecule has 1 unspecified atom stereocenters. The second-order valence-corrected chi connectivity index (χ2v) is 8.03. The van der Waals surface area contributed by atoms with Gasteiger partial charge in [-0.2, -0.15) is 0 Å². The van der Waals surface area contributed by atoms with E-state index >= 15 is 0 Å². The van der Waals surface area contributed by atoms with Crippen molar-refractivity contribution < 1.29 is 9.59 Å². The Labute approximate surface area is 171 Å². The Balaban J connectivity index is 1.54. The summed E-state index contributed by atoms with van der Waals surface area (Å²) >= 11 is 0. The fraction of sp³-hybridized carbons (Fsp3) is 0.391. The van der Waals surface area contributed by atoms with Crippen LogP contribution in [0.5, 0.6) is 0 Å². The fourth-order valence-corrected chi connectivity index (χ4v) is 3.84. The number of hydrogen-bond donors (Lipinski definition) is 2. The summed E-state index contributed by atoms with van der Waals surface area (Å²) in [6.07, 6.45) is 2.91. The van der Waals surface area contributed by atoms with Gasteiger partial charge < -0.3 is 20.4 Å². The molecule has 2 aromatic rings. The van der Waals surface area contributed by atoms with Gasteiger partial charge in [-0.3, -0.25) is 9.59 Å². The molecule has 1 saturated carbocycles. The summed E-state index contributed by atoms with van der Waals surface area (Å²) in [6.45, 7) is 1.27. The predicted octanol–water partition coefficient (Wildman–Crippen LogP) is 2.25. The van der Waals surface area contributed by atoms with Crippen LogP contribution in [0.2, 0.25) is 0 Å². The van der Waals surface area contributed by atoms with E-state index in [1.807, 2.05) is 20.2 Å². The van der Waals surface area contributed by atoms with Gasteiger partial charge in [-0.05, 0) is 48.6 Å². The number of benzene rings is 2. The average molecular weight is 393 g/mol. The number of fused-ring (bicyclic) bond motifs is 1. The van der Waals surface area contributed by atoms with E-state index in [-0.39, 0.29) is 12.1 Å². The van der Waals surface area contributed by atoms with Crippen LogP contribution in [0.15, 0.2) is 48.5 Å². The molecule has 6 heteroatoms. The third-order valence-electron chi connectivity index (χ3n) is 5.67. The summed E-state index contributed by atoms with van der Waals surface area (Å²) < 4.78 is 0. The first-order valence-corrected chi connectivity index (χ1v) is 10.2. The Morgan fingerprint density at radius 2 is 1.79 bits per heavy atom. The number of para-hydroxylation sites is 1. The molecule has 1 aliphatic carbocycles. The molecule has 2 aromatic carbocycles. The summed E-state index contributed by atoms with van der Waals surface area (Å²) in [6, 6.07) is 16.9. The molecule has 1 atom stereocenters. The van der Waals surface area contributed by atoms with E-state index in [1.54, 1.807) is 0 Å². The lowest BCUT2D eigenvalue weighted by molar-refractivity contribution is -0.139. The zero-order valence-corrected chi connectivity index (χ0v) is 17.0. The van der Waals surface area contributed by atoms with Gasteiger partial charge in [0.15, 0.2) is 0 Å². The minimum absolute atomic E-state index is 0.0347. The van der Waals surface area contributed by atoms with E-state index in [1.165, 1.54) is 11.3 Å². The van der Waals surface area contributed by atoms with Gasteiger partial charge >= 0.3 is 11.8 Å². The first kappa shape index (κ1) is 19.3. The van der Waals surface area contributed by atoms with Gasteiger partial charge in [0.25, 0.3) is 0 Å². The minimum atomic E-state index is -0.556. The van der Waals surface area contributed by atoms with Gasteiger partial charge in [-0.25, -0.2) is 0 Å². The minimum Gasteiger partial charge on any atom is -0.378 e. The Bertz CT molecular complexity index is 890. The molecule has 29 heavy (non-hydrogen) atoms. The van der Waals surface area contributed by atoms with Crippen LogP contribution in [0.25, 0.3) is 0 Å². The number of rotatable bonds is 6. The average Bonchev–Trinajstić information content (AvgIpc) is 3.45. The number of nitrogens with zero attached hydrogens (tertiary/aromatic N) is 2. The van der Waals surface area contributed by atoms with Crippen molar-refractivity contribution in [2.75, 3.05) is 37.0 Å². The Hall–Kier alpha value is -3.02. The van der Waals surface area contributed by atoms with Crippen LogP contribution in [-0.2, 0) is 16.0 Å². The fourth-order valence-electron chi connectivity index (χ4n) is 3.84. The number of amides is 2. The van der Waals surface area contributed by atoms with Crippen molar-refractivity contribution in [1.29, 1.82) is 0 Å². The molecule has 0 saturated heterocycles. The van der Waals surface area contributed by atoms with Gasteiger partial charge in [0.2, 0.25) is 0 Å². The number of carbonyl (C=O) groups excluding carboxylic acids is 2. The molecule has 2 amide bonds. The van der Waals surface area contributed by atoms with Gasteiger partial charge in [-0.15, -0.1) is 0 Å². The molecule has 0 spiro atoms. The van der Waals surface area contributed by atoms with Gasteiger partial charge in [0, 0.05) is 44.6 Å². The Morgan fingerprint density at radius 3 is 2.48 bits per heavy atom. The van der Waals surface area contributed by atoms with Gasteiger partial charge in [0.05, 0.1) is 6.04 Å². The largest absolute Gasteiger partial charge is 0.378 e. The Morgan fingerprint density at radius 1 is 1.07 bits per heavy atom. The maximum Gasteiger partial charge on any atom is 0.309 e. The van der Waals surface area contributed by atoms with Gasteiger partial charge in [0.1, 0.15) is 0 Å². The topological polar surface area (TPSA) is 64.7 Å². The van der Waals surface area contributed by atoms with E-state index in [0.29, 0.717) is 6.54 Å². The van der Waals surface area contributed by atoms with E-state index in [4.69, 9.17) is 0 Å². The molecule has 2 aliphatic rings. The second kappa shape index (κ2) is 8.15. The molecule has 4 rings (SSSR count). The molecule has 6 nitrogen and oxygen atoms in total. The lowest BCUT2D eigenvalue weighted by Crippen LogP contribution is -2.44. The van der Waals surface area contributed by atoms with Crippen molar-refractivity contribution in [3.63, 3.8) is 0 Å². The van der Waals surface area contributed by atoms with Crippen molar-refractivity contribution >= 4 is 23.2 Å². The SMILES string of the molecule is CN(C)c1ccc(C(CNC(=O)C(=O)NC2CC2)N2CCc3ccccc32)cc1. The Kier molecular flexibility index (Phi) is 5.43. The monoisotopic (exact) mass is 392 g/mol. The van der Waals surface area contributed by atoms with Gasteiger partial charge in [-0.1, -0.05) is 30.3 Å². The summed E-state index contributed by atoms with van der Waals surface area (Å²) in [7, 11) is 4.03. The van der Waals surface area contributed by atoms with Crippen LogP contribution < -0.4 is 20.4 Å². The lowest BCUT2D eigenvalue weighted by atomic mass is 10.0. The number of anilines is 2. The normalized spacial score (nSPS) is 16.1. The molecular weight excluding hydrogens is 364 g/mol. The predicted molar refractivity (Wildman–Crippen MR) is 115 cm³/mol. The highest BCUT2D eigenvalue weighted by Crippen LogP contribution is 2.35.